The molecule has 18 heavy (non-hydrogen) atoms. The van der Waals surface area contributed by atoms with E-state index in [2.05, 4.69) is 15.5 Å². The van der Waals surface area contributed by atoms with Crippen molar-refractivity contribution in [3.05, 3.63) is 40.5 Å². The van der Waals surface area contributed by atoms with Gasteiger partial charge in [-0.1, -0.05) is 16.8 Å². The number of halogens is 1. The Labute approximate surface area is 109 Å². The van der Waals surface area contributed by atoms with Gasteiger partial charge in [-0.25, -0.2) is 0 Å². The standard InChI is InChI=1S/C12H11ClN4O/c1-8-16-12(18-17-8)4-5-15-11-3-2-9(7-14)6-10(11)13/h2-3,6,15H,4-5H2,1H3. The summed E-state index contributed by atoms with van der Waals surface area (Å²) < 4.78 is 4.99. The Balaban J connectivity index is 1.92. The Morgan fingerprint density at radius 1 is 1.50 bits per heavy atom. The number of aryl methyl sites for hydroxylation is 1. The van der Waals surface area contributed by atoms with Crippen molar-refractivity contribution < 1.29 is 4.52 Å². The van der Waals surface area contributed by atoms with Crippen molar-refractivity contribution in [2.75, 3.05) is 11.9 Å². The van der Waals surface area contributed by atoms with Crippen LogP contribution in [0.15, 0.2) is 22.7 Å². The minimum absolute atomic E-state index is 0.524. The molecule has 0 radical (unpaired) electrons. The van der Waals surface area contributed by atoms with Gasteiger partial charge >= 0.3 is 0 Å². The van der Waals surface area contributed by atoms with Crippen LogP contribution in [-0.2, 0) is 6.42 Å². The first-order chi connectivity index (χ1) is 8.69. The molecule has 0 aliphatic carbocycles. The zero-order valence-electron chi connectivity index (χ0n) is 9.77. The molecule has 92 valence electrons. The molecule has 1 N–H and O–H groups in total. The molecule has 0 aliphatic rings. The Bertz CT molecular complexity index is 588. The Morgan fingerprint density at radius 3 is 2.94 bits per heavy atom. The van der Waals surface area contributed by atoms with Crippen LogP contribution < -0.4 is 5.32 Å². The molecular weight excluding hydrogens is 252 g/mol. The van der Waals surface area contributed by atoms with E-state index in [0.29, 0.717) is 35.3 Å². The van der Waals surface area contributed by atoms with Crippen LogP contribution in [0.3, 0.4) is 0 Å². The summed E-state index contributed by atoms with van der Waals surface area (Å²) in [5.74, 6) is 1.21. The summed E-state index contributed by atoms with van der Waals surface area (Å²) in [6.07, 6.45) is 0.622. The monoisotopic (exact) mass is 262 g/mol. The number of anilines is 1. The summed E-state index contributed by atoms with van der Waals surface area (Å²) in [5.41, 5.74) is 1.32. The van der Waals surface area contributed by atoms with Crippen molar-refractivity contribution in [2.45, 2.75) is 13.3 Å². The van der Waals surface area contributed by atoms with E-state index in [-0.39, 0.29) is 0 Å². The van der Waals surface area contributed by atoms with E-state index in [9.17, 15) is 0 Å². The second kappa shape index (κ2) is 5.52. The summed E-state index contributed by atoms with van der Waals surface area (Å²) in [6, 6.07) is 7.15. The van der Waals surface area contributed by atoms with E-state index in [4.69, 9.17) is 21.4 Å². The summed E-state index contributed by atoms with van der Waals surface area (Å²) >= 11 is 6.03. The number of hydrogen-bond acceptors (Lipinski definition) is 5. The van der Waals surface area contributed by atoms with E-state index in [1.54, 1.807) is 25.1 Å². The van der Waals surface area contributed by atoms with E-state index < -0.39 is 0 Å². The first kappa shape index (κ1) is 12.4. The molecular formula is C12H11ClN4O. The van der Waals surface area contributed by atoms with Crippen molar-refractivity contribution >= 4 is 17.3 Å². The van der Waals surface area contributed by atoms with Crippen LogP contribution in [0.4, 0.5) is 5.69 Å². The van der Waals surface area contributed by atoms with E-state index in [1.165, 1.54) is 0 Å². The topological polar surface area (TPSA) is 74.7 Å². The highest BCUT2D eigenvalue weighted by molar-refractivity contribution is 6.33. The van der Waals surface area contributed by atoms with E-state index in [1.807, 2.05) is 6.07 Å². The van der Waals surface area contributed by atoms with Gasteiger partial charge in [-0.3, -0.25) is 0 Å². The lowest BCUT2D eigenvalue weighted by atomic mass is 10.2. The summed E-state index contributed by atoms with van der Waals surface area (Å²) in [6.45, 7) is 2.41. The second-order valence-corrected chi connectivity index (χ2v) is 4.13. The van der Waals surface area contributed by atoms with Gasteiger partial charge in [0.2, 0.25) is 5.89 Å². The lowest BCUT2D eigenvalue weighted by Crippen LogP contribution is -2.05. The molecule has 6 heteroatoms. The zero-order valence-corrected chi connectivity index (χ0v) is 10.5. The number of benzene rings is 1. The Kier molecular flexibility index (Phi) is 3.80. The quantitative estimate of drug-likeness (QED) is 0.916. The minimum Gasteiger partial charge on any atom is -0.383 e. The molecule has 0 saturated carbocycles. The van der Waals surface area contributed by atoms with Crippen LogP contribution in [0.1, 0.15) is 17.3 Å². The number of nitrogens with zero attached hydrogens (tertiary/aromatic N) is 3. The fraction of sp³-hybridized carbons (Fsp3) is 0.250. The highest BCUT2D eigenvalue weighted by Gasteiger charge is 2.04. The molecule has 5 nitrogen and oxygen atoms in total. The fourth-order valence-corrected chi connectivity index (χ4v) is 1.72. The van der Waals surface area contributed by atoms with Crippen molar-refractivity contribution in [3.8, 4) is 6.07 Å². The molecule has 0 spiro atoms. The molecule has 0 aliphatic heterocycles. The molecule has 1 heterocycles. The molecule has 0 amide bonds. The lowest BCUT2D eigenvalue weighted by molar-refractivity contribution is 0.377. The number of hydrogen-bond donors (Lipinski definition) is 1. The van der Waals surface area contributed by atoms with Gasteiger partial charge in [-0.2, -0.15) is 10.2 Å². The van der Waals surface area contributed by atoms with Gasteiger partial charge in [-0.15, -0.1) is 0 Å². The predicted molar refractivity (Wildman–Crippen MR) is 67.4 cm³/mol. The zero-order chi connectivity index (χ0) is 13.0. The van der Waals surface area contributed by atoms with Gasteiger partial charge in [0.25, 0.3) is 0 Å². The van der Waals surface area contributed by atoms with Crippen LogP contribution in [-0.4, -0.2) is 16.7 Å². The van der Waals surface area contributed by atoms with Crippen LogP contribution in [0.25, 0.3) is 0 Å². The molecule has 2 aromatic rings. The van der Waals surface area contributed by atoms with Crippen molar-refractivity contribution in [3.63, 3.8) is 0 Å². The average molecular weight is 263 g/mol. The number of nitrogens with one attached hydrogen (secondary N) is 1. The third-order valence-corrected chi connectivity index (χ3v) is 2.63. The predicted octanol–water partition coefficient (Wildman–Crippen LogP) is 2.56. The minimum atomic E-state index is 0.524. The summed E-state index contributed by atoms with van der Waals surface area (Å²) in [4.78, 5) is 4.10. The third-order valence-electron chi connectivity index (χ3n) is 2.32. The lowest BCUT2D eigenvalue weighted by Gasteiger charge is -2.06. The maximum Gasteiger partial charge on any atom is 0.228 e. The number of rotatable bonds is 4. The maximum atomic E-state index is 8.72. The Morgan fingerprint density at radius 2 is 2.33 bits per heavy atom. The molecule has 0 fully saturated rings. The molecule has 1 aromatic carbocycles. The van der Waals surface area contributed by atoms with Gasteiger partial charge in [0.05, 0.1) is 22.3 Å². The van der Waals surface area contributed by atoms with Crippen LogP contribution in [0.5, 0.6) is 0 Å². The maximum absolute atomic E-state index is 8.72. The van der Waals surface area contributed by atoms with E-state index >= 15 is 0 Å². The molecule has 0 saturated heterocycles. The second-order valence-electron chi connectivity index (χ2n) is 3.72. The number of nitriles is 1. The van der Waals surface area contributed by atoms with Crippen LogP contribution >= 0.6 is 11.6 Å². The van der Waals surface area contributed by atoms with Gasteiger partial charge in [0, 0.05) is 13.0 Å². The SMILES string of the molecule is Cc1noc(CCNc2ccc(C#N)cc2Cl)n1. The normalized spacial score (nSPS) is 10.1. The summed E-state index contributed by atoms with van der Waals surface area (Å²) in [5, 5.41) is 16.1. The fourth-order valence-electron chi connectivity index (χ4n) is 1.47. The molecule has 0 bridgehead atoms. The molecule has 2 rings (SSSR count). The molecule has 0 unspecified atom stereocenters. The van der Waals surface area contributed by atoms with E-state index in [0.717, 1.165) is 5.69 Å². The first-order valence-corrected chi connectivity index (χ1v) is 5.79. The smallest absolute Gasteiger partial charge is 0.228 e. The van der Waals surface area contributed by atoms with Crippen molar-refractivity contribution in [1.29, 1.82) is 5.26 Å². The van der Waals surface area contributed by atoms with Crippen LogP contribution in [0.2, 0.25) is 5.02 Å². The molecule has 1 aromatic heterocycles. The van der Waals surface area contributed by atoms with Crippen LogP contribution in [0, 0.1) is 18.3 Å². The molecule has 0 atom stereocenters. The average Bonchev–Trinajstić information content (AvgIpc) is 2.77. The van der Waals surface area contributed by atoms with Crippen molar-refractivity contribution in [2.24, 2.45) is 0 Å². The van der Waals surface area contributed by atoms with Gasteiger partial charge in [0.15, 0.2) is 5.82 Å². The third kappa shape index (κ3) is 2.99. The highest BCUT2D eigenvalue weighted by atomic mass is 35.5. The largest absolute Gasteiger partial charge is 0.383 e. The summed E-state index contributed by atoms with van der Waals surface area (Å²) in [7, 11) is 0. The van der Waals surface area contributed by atoms with Gasteiger partial charge < -0.3 is 9.84 Å². The van der Waals surface area contributed by atoms with Crippen molar-refractivity contribution in [1.82, 2.24) is 10.1 Å². The Hall–Kier alpha value is -2.06. The van der Waals surface area contributed by atoms with Gasteiger partial charge in [0.1, 0.15) is 0 Å². The highest BCUT2D eigenvalue weighted by Crippen LogP contribution is 2.22. The van der Waals surface area contributed by atoms with Gasteiger partial charge in [-0.05, 0) is 25.1 Å². The first-order valence-electron chi connectivity index (χ1n) is 5.42. The number of aromatic nitrogens is 2.